The highest BCUT2D eigenvalue weighted by atomic mass is 19.4. The lowest BCUT2D eigenvalue weighted by atomic mass is 10.2. The molecule has 2 aromatic rings. The summed E-state index contributed by atoms with van der Waals surface area (Å²) in [6, 6.07) is 3.45. The molecule has 0 aliphatic heterocycles. The minimum absolute atomic E-state index is 0.273. The van der Waals surface area contributed by atoms with Gasteiger partial charge >= 0.3 is 6.18 Å². The summed E-state index contributed by atoms with van der Waals surface area (Å²) in [7, 11) is 0. The van der Waals surface area contributed by atoms with Gasteiger partial charge in [-0.15, -0.1) is 0 Å². The van der Waals surface area contributed by atoms with Crippen molar-refractivity contribution in [1.29, 1.82) is 0 Å². The molecule has 0 fully saturated rings. The van der Waals surface area contributed by atoms with Crippen LogP contribution in [0.15, 0.2) is 18.2 Å². The molecule has 1 aromatic carbocycles. The summed E-state index contributed by atoms with van der Waals surface area (Å²) in [5, 5.41) is 0. The minimum atomic E-state index is -4.36. The number of hydrazine groups is 1. The Kier molecular flexibility index (Phi) is 2.70. The fourth-order valence-electron chi connectivity index (χ4n) is 1.74. The number of aryl methyl sites for hydroxylation is 1. The van der Waals surface area contributed by atoms with Gasteiger partial charge < -0.3 is 4.57 Å². The van der Waals surface area contributed by atoms with Crippen molar-refractivity contribution in [1.82, 2.24) is 9.55 Å². The molecule has 1 heterocycles. The lowest BCUT2D eigenvalue weighted by Gasteiger charge is -2.06. The minimum Gasteiger partial charge on any atom is -0.309 e. The number of hydrogen-bond acceptors (Lipinski definition) is 3. The smallest absolute Gasteiger partial charge is 0.309 e. The first-order valence-electron chi connectivity index (χ1n) is 5.01. The number of imidazole rings is 1. The quantitative estimate of drug-likeness (QED) is 0.629. The van der Waals surface area contributed by atoms with E-state index in [1.807, 2.05) is 6.92 Å². The molecule has 2 rings (SSSR count). The van der Waals surface area contributed by atoms with Crippen LogP contribution in [0.25, 0.3) is 11.0 Å². The maximum absolute atomic E-state index is 12.5. The van der Waals surface area contributed by atoms with Crippen molar-refractivity contribution < 1.29 is 13.2 Å². The van der Waals surface area contributed by atoms with Crippen LogP contribution in [-0.2, 0) is 12.7 Å². The van der Waals surface area contributed by atoms with Crippen molar-refractivity contribution >= 4 is 17.0 Å². The SMILES string of the molecule is CCn1c(NN)nc2cc(C(F)(F)F)ccc21. The maximum atomic E-state index is 12.5. The topological polar surface area (TPSA) is 55.9 Å². The van der Waals surface area contributed by atoms with Gasteiger partial charge in [0.2, 0.25) is 5.95 Å². The second-order valence-corrected chi connectivity index (χ2v) is 3.53. The van der Waals surface area contributed by atoms with E-state index >= 15 is 0 Å². The molecule has 0 radical (unpaired) electrons. The van der Waals surface area contributed by atoms with Gasteiger partial charge in [0.25, 0.3) is 0 Å². The normalized spacial score (nSPS) is 12.1. The van der Waals surface area contributed by atoms with Crippen molar-refractivity contribution in [2.24, 2.45) is 5.84 Å². The first kappa shape index (κ1) is 11.7. The fourth-order valence-corrected chi connectivity index (χ4v) is 1.74. The summed E-state index contributed by atoms with van der Waals surface area (Å²) in [4.78, 5) is 4.00. The lowest BCUT2D eigenvalue weighted by Crippen LogP contribution is -2.12. The van der Waals surface area contributed by atoms with Gasteiger partial charge in [-0.1, -0.05) is 0 Å². The molecule has 0 saturated carbocycles. The van der Waals surface area contributed by atoms with Crippen LogP contribution >= 0.6 is 0 Å². The van der Waals surface area contributed by atoms with Gasteiger partial charge in [-0.3, -0.25) is 5.43 Å². The summed E-state index contributed by atoms with van der Waals surface area (Å²) in [5.74, 6) is 5.61. The zero-order valence-corrected chi connectivity index (χ0v) is 9.04. The number of anilines is 1. The first-order valence-corrected chi connectivity index (χ1v) is 5.01. The van der Waals surface area contributed by atoms with Crippen LogP contribution in [-0.4, -0.2) is 9.55 Å². The highest BCUT2D eigenvalue weighted by Crippen LogP contribution is 2.31. The maximum Gasteiger partial charge on any atom is 0.416 e. The average Bonchev–Trinajstić information content (AvgIpc) is 2.64. The number of aromatic nitrogens is 2. The Morgan fingerprint density at radius 2 is 2.12 bits per heavy atom. The highest BCUT2D eigenvalue weighted by molar-refractivity contribution is 5.79. The molecule has 17 heavy (non-hydrogen) atoms. The summed E-state index contributed by atoms with van der Waals surface area (Å²) < 4.78 is 39.2. The van der Waals surface area contributed by atoms with Gasteiger partial charge in [-0.25, -0.2) is 10.8 Å². The zero-order valence-electron chi connectivity index (χ0n) is 9.04. The van der Waals surface area contributed by atoms with Gasteiger partial charge in [0.15, 0.2) is 0 Å². The van der Waals surface area contributed by atoms with Crippen LogP contribution in [0.1, 0.15) is 12.5 Å². The highest BCUT2D eigenvalue weighted by Gasteiger charge is 2.31. The molecule has 7 heteroatoms. The van der Waals surface area contributed by atoms with Gasteiger partial charge in [0.05, 0.1) is 16.6 Å². The van der Waals surface area contributed by atoms with E-state index in [0.29, 0.717) is 18.0 Å². The first-order chi connectivity index (χ1) is 7.97. The second kappa shape index (κ2) is 3.92. The summed E-state index contributed by atoms with van der Waals surface area (Å²) >= 11 is 0. The van der Waals surface area contributed by atoms with E-state index in [9.17, 15) is 13.2 Å². The van der Waals surface area contributed by atoms with E-state index in [4.69, 9.17) is 5.84 Å². The van der Waals surface area contributed by atoms with Crippen LogP contribution in [0.2, 0.25) is 0 Å². The monoisotopic (exact) mass is 244 g/mol. The molecule has 4 nitrogen and oxygen atoms in total. The Labute approximate surface area is 95.2 Å². The number of nitrogens with two attached hydrogens (primary N) is 1. The van der Waals surface area contributed by atoms with Crippen LogP contribution in [0.4, 0.5) is 19.1 Å². The molecule has 0 amide bonds. The van der Waals surface area contributed by atoms with Crippen molar-refractivity contribution in [3.05, 3.63) is 23.8 Å². The van der Waals surface area contributed by atoms with Crippen LogP contribution < -0.4 is 11.3 Å². The van der Waals surface area contributed by atoms with Crippen molar-refractivity contribution in [2.75, 3.05) is 5.43 Å². The number of rotatable bonds is 2. The molecular weight excluding hydrogens is 233 g/mol. The van der Waals surface area contributed by atoms with Gasteiger partial charge in [-0.2, -0.15) is 13.2 Å². The second-order valence-electron chi connectivity index (χ2n) is 3.53. The van der Waals surface area contributed by atoms with Crippen molar-refractivity contribution in [3.63, 3.8) is 0 Å². The Balaban J connectivity index is 2.64. The number of fused-ring (bicyclic) bond motifs is 1. The van der Waals surface area contributed by atoms with E-state index in [0.717, 1.165) is 12.1 Å². The summed E-state index contributed by atoms with van der Waals surface area (Å²) in [6.45, 7) is 2.43. The molecule has 0 unspecified atom stereocenters. The molecule has 0 atom stereocenters. The Hall–Kier alpha value is -1.76. The average molecular weight is 244 g/mol. The number of alkyl halides is 3. The third-order valence-electron chi connectivity index (χ3n) is 2.52. The van der Waals surface area contributed by atoms with Crippen LogP contribution in [0.5, 0.6) is 0 Å². The predicted octanol–water partition coefficient (Wildman–Crippen LogP) is 2.36. The van der Waals surface area contributed by atoms with Crippen LogP contribution in [0.3, 0.4) is 0 Å². The molecule has 0 saturated heterocycles. The lowest BCUT2D eigenvalue weighted by molar-refractivity contribution is -0.137. The largest absolute Gasteiger partial charge is 0.416 e. The molecule has 1 aromatic heterocycles. The summed E-state index contributed by atoms with van der Waals surface area (Å²) in [6.07, 6.45) is -4.36. The van der Waals surface area contributed by atoms with Crippen molar-refractivity contribution in [3.8, 4) is 0 Å². The number of benzene rings is 1. The number of hydrogen-bond donors (Lipinski definition) is 2. The van der Waals surface area contributed by atoms with E-state index in [2.05, 4.69) is 10.4 Å². The Bertz CT molecular complexity index is 544. The van der Waals surface area contributed by atoms with Gasteiger partial charge in [0.1, 0.15) is 0 Å². The third kappa shape index (κ3) is 1.93. The van der Waals surface area contributed by atoms with E-state index in [-0.39, 0.29) is 5.52 Å². The number of nitrogen functional groups attached to an aromatic ring is 1. The standard InChI is InChI=1S/C10H11F3N4/c1-2-17-8-4-3-6(10(11,12)13)5-7(8)15-9(17)16-14/h3-5H,2,14H2,1H3,(H,15,16). The Morgan fingerprint density at radius 3 is 2.65 bits per heavy atom. The Morgan fingerprint density at radius 1 is 1.41 bits per heavy atom. The third-order valence-corrected chi connectivity index (χ3v) is 2.52. The number of nitrogens with zero attached hydrogens (tertiary/aromatic N) is 2. The molecule has 92 valence electrons. The molecular formula is C10H11F3N4. The predicted molar refractivity (Wildman–Crippen MR) is 58.2 cm³/mol. The fraction of sp³-hybridized carbons (Fsp3) is 0.300. The zero-order chi connectivity index (χ0) is 12.6. The van der Waals surface area contributed by atoms with E-state index in [1.54, 1.807) is 4.57 Å². The van der Waals surface area contributed by atoms with E-state index < -0.39 is 11.7 Å². The molecule has 0 aliphatic rings. The van der Waals surface area contributed by atoms with Crippen LogP contribution in [0, 0.1) is 0 Å². The molecule has 0 aliphatic carbocycles. The molecule has 0 bridgehead atoms. The van der Waals surface area contributed by atoms with Gasteiger partial charge in [-0.05, 0) is 25.1 Å². The van der Waals surface area contributed by atoms with E-state index in [1.165, 1.54) is 6.07 Å². The molecule has 0 spiro atoms. The van der Waals surface area contributed by atoms with Crippen molar-refractivity contribution in [2.45, 2.75) is 19.6 Å². The number of halogens is 3. The van der Waals surface area contributed by atoms with Gasteiger partial charge in [0, 0.05) is 6.54 Å². The molecule has 3 N–H and O–H groups in total. The number of nitrogens with one attached hydrogen (secondary N) is 1. The summed E-state index contributed by atoms with van der Waals surface area (Å²) in [5.41, 5.74) is 2.54.